The lowest BCUT2D eigenvalue weighted by Crippen LogP contribution is -2.17. The van der Waals surface area contributed by atoms with Crippen LogP contribution < -0.4 is 21.7 Å². The highest BCUT2D eigenvalue weighted by Gasteiger charge is 2.12. The predicted octanol–water partition coefficient (Wildman–Crippen LogP) is 2.90. The Morgan fingerprint density at radius 1 is 0.593 bits per heavy atom. The summed E-state index contributed by atoms with van der Waals surface area (Å²) in [6, 6.07) is 0.603. The highest BCUT2D eigenvalue weighted by Crippen LogP contribution is 2.34. The molecule has 0 amide bonds. The minimum atomic E-state index is 0.163. The smallest absolute Gasteiger partial charge is 0.228 e. The maximum atomic E-state index is 5.78. The van der Waals surface area contributed by atoms with E-state index in [-0.39, 0.29) is 24.1 Å². The highest BCUT2D eigenvalue weighted by atomic mass is 33.1. The van der Waals surface area contributed by atoms with Crippen molar-refractivity contribution in [3.05, 3.63) is 0 Å². The van der Waals surface area contributed by atoms with Crippen molar-refractivity contribution in [3.8, 4) is 0 Å². The van der Waals surface area contributed by atoms with E-state index >= 15 is 0 Å². The average Bonchev–Trinajstić information content (AvgIpc) is 2.50. The molecule has 10 nitrogen and oxygen atoms in total. The largest absolute Gasteiger partial charge is 0.368 e. The summed E-state index contributed by atoms with van der Waals surface area (Å²) >= 11 is 0. The second-order valence-corrected chi connectivity index (χ2v) is 8.69. The molecule has 0 atom stereocenters. The van der Waals surface area contributed by atoms with Crippen LogP contribution in [0.1, 0.15) is 41.5 Å². The third-order valence-corrected chi connectivity index (χ3v) is 4.58. The van der Waals surface area contributed by atoms with Crippen LogP contribution in [0.15, 0.2) is 10.3 Å². The molecule has 148 valence electrons. The standard InChI is InChI=1S/C15H26N10S2/c1-7(2)17-11-20-10(16)21-14(23-11)26-27-15-24-12(18-8(3)4)22-13(25-15)19-9(5)6/h7-9H,1-6H3,(H3,16,17,20,21,23)(H2,18,19,22,24,25). The Bertz CT molecular complexity index is 725. The van der Waals surface area contributed by atoms with Crippen molar-refractivity contribution >= 4 is 45.4 Å². The molecule has 27 heavy (non-hydrogen) atoms. The summed E-state index contributed by atoms with van der Waals surface area (Å²) in [4.78, 5) is 25.9. The maximum Gasteiger partial charge on any atom is 0.228 e. The number of anilines is 4. The zero-order valence-electron chi connectivity index (χ0n) is 16.3. The molecule has 2 aromatic heterocycles. The number of nitrogens with one attached hydrogen (secondary N) is 3. The molecule has 0 spiro atoms. The molecule has 0 aromatic carbocycles. The molecule has 0 aliphatic rings. The Morgan fingerprint density at radius 2 is 0.963 bits per heavy atom. The van der Waals surface area contributed by atoms with Crippen molar-refractivity contribution in [2.24, 2.45) is 0 Å². The maximum absolute atomic E-state index is 5.78. The van der Waals surface area contributed by atoms with Gasteiger partial charge in [0.05, 0.1) is 0 Å². The van der Waals surface area contributed by atoms with Gasteiger partial charge in [-0.25, -0.2) is 0 Å². The van der Waals surface area contributed by atoms with Crippen LogP contribution in [0.2, 0.25) is 0 Å². The average molecular weight is 411 g/mol. The van der Waals surface area contributed by atoms with Crippen LogP contribution >= 0.6 is 21.6 Å². The van der Waals surface area contributed by atoms with Crippen molar-refractivity contribution in [2.75, 3.05) is 21.7 Å². The molecule has 2 aromatic rings. The van der Waals surface area contributed by atoms with E-state index in [1.165, 1.54) is 21.6 Å². The lowest BCUT2D eigenvalue weighted by molar-refractivity contribution is 0.813. The molecule has 0 fully saturated rings. The van der Waals surface area contributed by atoms with Gasteiger partial charge >= 0.3 is 0 Å². The molecule has 0 bridgehead atoms. The SMILES string of the molecule is CC(C)Nc1nc(N)nc(SSc2nc(NC(C)C)nc(NC(C)C)n2)n1. The first kappa shape index (κ1) is 21.2. The summed E-state index contributed by atoms with van der Waals surface area (Å²) < 4.78 is 0. The number of nitrogens with zero attached hydrogens (tertiary/aromatic N) is 6. The summed E-state index contributed by atoms with van der Waals surface area (Å²) in [5, 5.41) is 10.5. The van der Waals surface area contributed by atoms with Crippen LogP contribution in [0.25, 0.3) is 0 Å². The Kier molecular flexibility index (Phi) is 7.66. The van der Waals surface area contributed by atoms with Crippen molar-refractivity contribution in [2.45, 2.75) is 70.0 Å². The molecule has 0 unspecified atom stereocenters. The number of hydrogen-bond donors (Lipinski definition) is 4. The van der Waals surface area contributed by atoms with Gasteiger partial charge in [0.25, 0.3) is 0 Å². The van der Waals surface area contributed by atoms with Gasteiger partial charge < -0.3 is 21.7 Å². The van der Waals surface area contributed by atoms with Crippen LogP contribution in [-0.2, 0) is 0 Å². The number of hydrogen-bond acceptors (Lipinski definition) is 12. The van der Waals surface area contributed by atoms with E-state index in [0.717, 1.165) is 0 Å². The van der Waals surface area contributed by atoms with E-state index in [9.17, 15) is 0 Å². The lowest BCUT2D eigenvalue weighted by Gasteiger charge is -2.13. The molecular weight excluding hydrogens is 384 g/mol. The van der Waals surface area contributed by atoms with E-state index in [4.69, 9.17) is 5.73 Å². The van der Waals surface area contributed by atoms with E-state index in [1.54, 1.807) is 0 Å². The third kappa shape index (κ3) is 7.59. The number of rotatable bonds is 9. The number of aromatic nitrogens is 6. The van der Waals surface area contributed by atoms with E-state index in [1.807, 2.05) is 41.5 Å². The van der Waals surface area contributed by atoms with Crippen LogP contribution in [0, 0.1) is 0 Å². The Balaban J connectivity index is 2.17. The number of nitrogens with two attached hydrogens (primary N) is 1. The minimum Gasteiger partial charge on any atom is -0.368 e. The van der Waals surface area contributed by atoms with Gasteiger partial charge in [0.2, 0.25) is 34.1 Å². The first-order valence-corrected chi connectivity index (χ1v) is 10.8. The fourth-order valence-electron chi connectivity index (χ4n) is 1.85. The summed E-state index contributed by atoms with van der Waals surface area (Å²) in [5.74, 6) is 1.64. The molecule has 2 rings (SSSR count). The summed E-state index contributed by atoms with van der Waals surface area (Å²) in [7, 11) is 2.64. The van der Waals surface area contributed by atoms with Gasteiger partial charge in [-0.2, -0.15) is 29.9 Å². The second kappa shape index (κ2) is 9.74. The van der Waals surface area contributed by atoms with Gasteiger partial charge in [0.1, 0.15) is 0 Å². The topological polar surface area (TPSA) is 139 Å². The molecule has 0 radical (unpaired) electrons. The molecule has 12 heteroatoms. The predicted molar refractivity (Wildman–Crippen MR) is 112 cm³/mol. The Hall–Kier alpha value is -2.08. The zero-order valence-corrected chi connectivity index (χ0v) is 17.9. The van der Waals surface area contributed by atoms with Crippen molar-refractivity contribution < 1.29 is 0 Å². The third-order valence-electron chi connectivity index (χ3n) is 2.69. The van der Waals surface area contributed by atoms with Crippen LogP contribution in [0.3, 0.4) is 0 Å². The monoisotopic (exact) mass is 410 g/mol. The van der Waals surface area contributed by atoms with Gasteiger partial charge in [-0.1, -0.05) is 0 Å². The first-order valence-electron chi connectivity index (χ1n) is 8.63. The second-order valence-electron chi connectivity index (χ2n) is 6.63. The van der Waals surface area contributed by atoms with E-state index in [2.05, 4.69) is 45.9 Å². The van der Waals surface area contributed by atoms with Crippen LogP contribution in [0.4, 0.5) is 23.8 Å². The van der Waals surface area contributed by atoms with Crippen LogP contribution in [-0.4, -0.2) is 48.0 Å². The molecule has 0 aliphatic carbocycles. The van der Waals surface area contributed by atoms with Gasteiger partial charge in [-0.3, -0.25) is 0 Å². The summed E-state index contributed by atoms with van der Waals surface area (Å²) in [6.07, 6.45) is 0. The lowest BCUT2D eigenvalue weighted by atomic mass is 10.4. The Morgan fingerprint density at radius 3 is 1.37 bits per heavy atom. The molecule has 0 saturated heterocycles. The quantitative estimate of drug-likeness (QED) is 0.452. The molecule has 0 saturated carbocycles. The minimum absolute atomic E-state index is 0.163. The van der Waals surface area contributed by atoms with E-state index < -0.39 is 0 Å². The fraction of sp³-hybridized carbons (Fsp3) is 0.600. The van der Waals surface area contributed by atoms with Gasteiger partial charge in [0.15, 0.2) is 0 Å². The fourth-order valence-corrected chi connectivity index (χ4v) is 3.39. The molecule has 5 N–H and O–H groups in total. The zero-order chi connectivity index (χ0) is 20.0. The van der Waals surface area contributed by atoms with Crippen molar-refractivity contribution in [1.82, 2.24) is 29.9 Å². The molecule has 0 aliphatic heterocycles. The van der Waals surface area contributed by atoms with Crippen molar-refractivity contribution in [3.63, 3.8) is 0 Å². The van der Waals surface area contributed by atoms with Crippen LogP contribution in [0.5, 0.6) is 0 Å². The summed E-state index contributed by atoms with van der Waals surface area (Å²) in [5.41, 5.74) is 5.78. The normalized spacial score (nSPS) is 11.3. The Labute approximate surface area is 167 Å². The van der Waals surface area contributed by atoms with E-state index in [0.29, 0.717) is 28.2 Å². The number of nitrogen functional groups attached to an aromatic ring is 1. The van der Waals surface area contributed by atoms with Gasteiger partial charge in [-0.15, -0.1) is 0 Å². The molecular formula is C15H26N10S2. The molecule has 2 heterocycles. The highest BCUT2D eigenvalue weighted by molar-refractivity contribution is 8.76. The summed E-state index contributed by atoms with van der Waals surface area (Å²) in [6.45, 7) is 12.1. The van der Waals surface area contributed by atoms with Gasteiger partial charge in [0, 0.05) is 18.1 Å². The first-order chi connectivity index (χ1) is 12.7. The van der Waals surface area contributed by atoms with Gasteiger partial charge in [-0.05, 0) is 63.1 Å². The van der Waals surface area contributed by atoms with Crippen molar-refractivity contribution in [1.29, 1.82) is 0 Å².